The highest BCUT2D eigenvalue weighted by atomic mass is 19.3. The third-order valence-corrected chi connectivity index (χ3v) is 5.83. The molecule has 3 atom stereocenters. The van der Waals surface area contributed by atoms with Crippen molar-refractivity contribution in [3.63, 3.8) is 0 Å². The van der Waals surface area contributed by atoms with Gasteiger partial charge >= 0.3 is 11.9 Å². The van der Waals surface area contributed by atoms with Crippen LogP contribution in [0.25, 0.3) is 0 Å². The van der Waals surface area contributed by atoms with E-state index in [9.17, 15) is 23.5 Å². The van der Waals surface area contributed by atoms with Crippen molar-refractivity contribution in [3.05, 3.63) is 83.4 Å². The number of carboxylic acids is 1. The molecule has 1 saturated heterocycles. The average Bonchev–Trinajstić information content (AvgIpc) is 3.04. The number of halogens is 2. The van der Waals surface area contributed by atoms with Crippen molar-refractivity contribution in [2.24, 2.45) is 5.92 Å². The third-order valence-electron chi connectivity index (χ3n) is 5.83. The minimum atomic E-state index is -3.46. The highest BCUT2D eigenvalue weighted by Crippen LogP contribution is 2.34. The molecule has 0 spiro atoms. The number of aliphatic hydroxyl groups is 1. The van der Waals surface area contributed by atoms with Gasteiger partial charge in [0.05, 0.1) is 17.7 Å². The second-order valence-corrected chi connectivity index (χ2v) is 8.45. The lowest BCUT2D eigenvalue weighted by Gasteiger charge is -2.22. The van der Waals surface area contributed by atoms with Gasteiger partial charge in [0, 0.05) is 24.9 Å². The van der Waals surface area contributed by atoms with Crippen LogP contribution in [0.15, 0.2) is 66.7 Å². The van der Waals surface area contributed by atoms with Crippen LogP contribution in [0.1, 0.15) is 41.3 Å². The van der Waals surface area contributed by atoms with E-state index in [2.05, 4.69) is 11.8 Å². The van der Waals surface area contributed by atoms with Crippen LogP contribution in [0.3, 0.4) is 0 Å². The predicted octanol–water partition coefficient (Wildman–Crippen LogP) is 4.16. The average molecular weight is 468 g/mol. The number of alkyl halides is 2. The maximum atomic E-state index is 14.1. The van der Waals surface area contributed by atoms with Crippen molar-refractivity contribution in [2.75, 3.05) is 6.54 Å². The van der Waals surface area contributed by atoms with E-state index in [-0.39, 0.29) is 18.0 Å². The fourth-order valence-corrected chi connectivity index (χ4v) is 3.71. The van der Waals surface area contributed by atoms with E-state index in [1.165, 1.54) is 24.3 Å². The van der Waals surface area contributed by atoms with Gasteiger partial charge in [-0.1, -0.05) is 61.2 Å². The number of aromatic carboxylic acids is 1. The topological polar surface area (TPSA) is 77.8 Å². The van der Waals surface area contributed by atoms with Crippen LogP contribution in [0.4, 0.5) is 8.78 Å². The second kappa shape index (κ2) is 11.1. The van der Waals surface area contributed by atoms with Crippen LogP contribution in [-0.2, 0) is 11.2 Å². The maximum absolute atomic E-state index is 14.1. The number of benzene rings is 2. The molecule has 1 heterocycles. The zero-order valence-corrected chi connectivity index (χ0v) is 18.8. The molecule has 0 radical (unpaired) electrons. The van der Waals surface area contributed by atoms with E-state index in [0.29, 0.717) is 12.8 Å². The molecule has 178 valence electrons. The molecule has 0 saturated carbocycles. The molecule has 0 aromatic heterocycles. The standard InChI is InChI=1S/C27H27F2NO4/c1-19(6-5-9-20-7-3-2-4-8-20)24(31)15-14-23-18-27(28,29)26(34)30(23)17-16-21-10-12-22(13-11-21)25(32)33/h2-4,7-8,10-15,19,23-24,31H,6,16-18H2,1H3,(H,32,33)/b15-14+/t19?,23-,24+/m0/s1. The molecular weight excluding hydrogens is 440 g/mol. The van der Waals surface area contributed by atoms with Crippen molar-refractivity contribution in [3.8, 4) is 11.8 Å². The second-order valence-electron chi connectivity index (χ2n) is 8.45. The molecule has 0 bridgehead atoms. The fourth-order valence-electron chi connectivity index (χ4n) is 3.71. The van der Waals surface area contributed by atoms with Crippen LogP contribution in [0.2, 0.25) is 0 Å². The Labute approximate surface area is 197 Å². The molecule has 1 aliphatic rings. The quantitative estimate of drug-likeness (QED) is 0.452. The van der Waals surface area contributed by atoms with Crippen LogP contribution in [-0.4, -0.2) is 51.6 Å². The maximum Gasteiger partial charge on any atom is 0.335 e. The minimum Gasteiger partial charge on any atom is -0.478 e. The van der Waals surface area contributed by atoms with Gasteiger partial charge in [0.15, 0.2) is 0 Å². The molecule has 3 rings (SSSR count). The molecule has 7 heteroatoms. The number of hydrogen-bond donors (Lipinski definition) is 2. The fraction of sp³-hybridized carbons (Fsp3) is 0.333. The molecule has 2 N–H and O–H groups in total. The van der Waals surface area contributed by atoms with Crippen molar-refractivity contribution in [1.82, 2.24) is 4.90 Å². The number of hydrogen-bond acceptors (Lipinski definition) is 3. The first-order chi connectivity index (χ1) is 16.2. The Morgan fingerprint density at radius 2 is 1.88 bits per heavy atom. The summed E-state index contributed by atoms with van der Waals surface area (Å²) in [6.07, 6.45) is 2.13. The van der Waals surface area contributed by atoms with E-state index in [4.69, 9.17) is 5.11 Å². The van der Waals surface area contributed by atoms with E-state index >= 15 is 0 Å². The SMILES string of the molecule is CC(CC#Cc1ccccc1)[C@H](O)/C=C/[C@H]1CC(F)(F)C(=O)N1CCc1ccc(C(=O)O)cc1. The van der Waals surface area contributed by atoms with E-state index in [1.54, 1.807) is 12.1 Å². The Hall–Kier alpha value is -3.50. The van der Waals surface area contributed by atoms with Crippen LogP contribution in [0.5, 0.6) is 0 Å². The van der Waals surface area contributed by atoms with Gasteiger partial charge in [0.1, 0.15) is 0 Å². The van der Waals surface area contributed by atoms with Gasteiger partial charge in [-0.05, 0) is 42.2 Å². The zero-order chi connectivity index (χ0) is 24.7. The van der Waals surface area contributed by atoms with Crippen molar-refractivity contribution < 1.29 is 28.6 Å². The Morgan fingerprint density at radius 3 is 2.53 bits per heavy atom. The first-order valence-electron chi connectivity index (χ1n) is 11.1. The Kier molecular flexibility index (Phi) is 8.19. The number of nitrogens with zero attached hydrogens (tertiary/aromatic N) is 1. The van der Waals surface area contributed by atoms with Crippen LogP contribution < -0.4 is 0 Å². The number of amides is 1. The molecule has 1 fully saturated rings. The highest BCUT2D eigenvalue weighted by Gasteiger charge is 2.52. The lowest BCUT2D eigenvalue weighted by Crippen LogP contribution is -2.37. The molecule has 5 nitrogen and oxygen atoms in total. The number of carbonyl (C=O) groups is 2. The molecule has 2 aromatic carbocycles. The molecule has 1 unspecified atom stereocenters. The number of aliphatic hydroxyl groups excluding tert-OH is 1. The Balaban J connectivity index is 1.60. The summed E-state index contributed by atoms with van der Waals surface area (Å²) in [5.41, 5.74) is 1.74. The first kappa shape index (κ1) is 25.1. The number of carboxylic acid groups (broad SMARTS) is 1. The lowest BCUT2D eigenvalue weighted by molar-refractivity contribution is -0.148. The summed E-state index contributed by atoms with van der Waals surface area (Å²) in [5.74, 6) is 0.0854. The van der Waals surface area contributed by atoms with Gasteiger partial charge < -0.3 is 15.1 Å². The molecular formula is C27H27F2NO4. The summed E-state index contributed by atoms with van der Waals surface area (Å²) in [6.45, 7) is 1.88. The summed E-state index contributed by atoms with van der Waals surface area (Å²) in [4.78, 5) is 24.3. The summed E-state index contributed by atoms with van der Waals surface area (Å²) >= 11 is 0. The summed E-state index contributed by atoms with van der Waals surface area (Å²) < 4.78 is 28.3. The molecule has 34 heavy (non-hydrogen) atoms. The zero-order valence-electron chi connectivity index (χ0n) is 18.8. The van der Waals surface area contributed by atoms with Gasteiger partial charge in [-0.15, -0.1) is 0 Å². The van der Waals surface area contributed by atoms with E-state index in [1.807, 2.05) is 37.3 Å². The number of rotatable bonds is 8. The summed E-state index contributed by atoms with van der Waals surface area (Å²) in [7, 11) is 0. The third kappa shape index (κ3) is 6.52. The highest BCUT2D eigenvalue weighted by molar-refractivity contribution is 5.87. The first-order valence-corrected chi connectivity index (χ1v) is 11.1. The molecule has 1 amide bonds. The van der Waals surface area contributed by atoms with Crippen LogP contribution >= 0.6 is 0 Å². The molecule has 2 aromatic rings. The summed E-state index contributed by atoms with van der Waals surface area (Å²) in [5, 5.41) is 19.4. The van der Waals surface area contributed by atoms with Crippen molar-refractivity contribution in [1.29, 1.82) is 0 Å². The minimum absolute atomic E-state index is 0.0596. The predicted molar refractivity (Wildman–Crippen MR) is 124 cm³/mol. The van der Waals surface area contributed by atoms with Crippen molar-refractivity contribution >= 4 is 11.9 Å². The van der Waals surface area contributed by atoms with E-state index < -0.39 is 36.4 Å². The van der Waals surface area contributed by atoms with Gasteiger partial charge in [-0.2, -0.15) is 8.78 Å². The molecule has 1 aliphatic heterocycles. The normalized spacial score (nSPS) is 19.0. The van der Waals surface area contributed by atoms with Gasteiger partial charge in [0.25, 0.3) is 5.91 Å². The summed E-state index contributed by atoms with van der Waals surface area (Å²) in [6, 6.07) is 14.7. The lowest BCUT2D eigenvalue weighted by atomic mass is 9.99. The monoisotopic (exact) mass is 467 g/mol. The van der Waals surface area contributed by atoms with Gasteiger partial charge in [-0.3, -0.25) is 4.79 Å². The number of carbonyl (C=O) groups excluding carboxylic acids is 1. The van der Waals surface area contributed by atoms with Crippen LogP contribution in [0, 0.1) is 17.8 Å². The van der Waals surface area contributed by atoms with Gasteiger partial charge in [-0.25, -0.2) is 4.79 Å². The number of likely N-dealkylation sites (tertiary alicyclic amines) is 1. The van der Waals surface area contributed by atoms with Gasteiger partial charge in [0.2, 0.25) is 0 Å². The molecule has 0 aliphatic carbocycles. The van der Waals surface area contributed by atoms with Crippen molar-refractivity contribution in [2.45, 2.75) is 44.3 Å². The Bertz CT molecular complexity index is 1090. The largest absolute Gasteiger partial charge is 0.478 e. The van der Waals surface area contributed by atoms with E-state index in [0.717, 1.165) is 16.0 Å². The smallest absolute Gasteiger partial charge is 0.335 e. The Morgan fingerprint density at radius 1 is 1.21 bits per heavy atom.